The minimum Gasteiger partial charge on any atom is -0.309 e. The third-order valence-corrected chi connectivity index (χ3v) is 16.9. The molecule has 0 saturated carbocycles. The van der Waals surface area contributed by atoms with E-state index < -0.39 is 0 Å². The summed E-state index contributed by atoms with van der Waals surface area (Å²) < 4.78 is 0. The highest BCUT2D eigenvalue weighted by molar-refractivity contribution is 7.05. The molecular weight excluding hydrogens is 918 g/mol. The van der Waals surface area contributed by atoms with Crippen LogP contribution in [0.1, 0.15) is 0 Å². The number of hydrogen-bond donors (Lipinski definition) is 0. The molecule has 13 aromatic rings. The second-order valence-corrected chi connectivity index (χ2v) is 20.7. The Morgan fingerprint density at radius 1 is 0.211 bits per heavy atom. The molecule has 4 heterocycles. The maximum atomic E-state index is 2.64. The molecule has 350 valence electrons. The fourth-order valence-electron chi connectivity index (χ4n) is 13.9. The Morgan fingerprint density at radius 2 is 0.539 bits per heavy atom. The first-order valence-corrected chi connectivity index (χ1v) is 26.5. The van der Waals surface area contributed by atoms with Gasteiger partial charge in [0.05, 0.1) is 22.7 Å². The van der Waals surface area contributed by atoms with Gasteiger partial charge in [-0.2, -0.15) is 0 Å². The first-order valence-electron chi connectivity index (χ1n) is 26.5. The highest BCUT2D eigenvalue weighted by atomic mass is 15.3. The van der Waals surface area contributed by atoms with Gasteiger partial charge in [0.2, 0.25) is 0 Å². The molecule has 6 heteroatoms. The predicted octanol–water partition coefficient (Wildman–Crippen LogP) is 14.5. The zero-order valence-corrected chi connectivity index (χ0v) is 41.3. The molecule has 0 aromatic heterocycles. The molecule has 0 amide bonds. The normalized spacial score (nSPS) is 13.6. The van der Waals surface area contributed by atoms with Crippen molar-refractivity contribution in [1.82, 2.24) is 0 Å². The number of nitrogens with zero attached hydrogens (tertiary/aromatic N) is 4. The number of benzene rings is 13. The van der Waals surface area contributed by atoms with Gasteiger partial charge in [0, 0.05) is 45.5 Å². The van der Waals surface area contributed by atoms with Crippen LogP contribution in [0.5, 0.6) is 0 Å². The van der Waals surface area contributed by atoms with Gasteiger partial charge < -0.3 is 19.6 Å². The van der Waals surface area contributed by atoms with E-state index in [1.54, 1.807) is 0 Å². The van der Waals surface area contributed by atoms with Crippen molar-refractivity contribution in [1.29, 1.82) is 0 Å². The fourth-order valence-corrected chi connectivity index (χ4v) is 13.9. The zero-order chi connectivity index (χ0) is 49.6. The first-order chi connectivity index (χ1) is 37.8. The smallest absolute Gasteiger partial charge is 0.253 e. The van der Waals surface area contributed by atoms with E-state index in [1.807, 2.05) is 0 Å². The first kappa shape index (κ1) is 41.7. The molecule has 4 aliphatic rings. The van der Waals surface area contributed by atoms with Crippen LogP contribution in [0.2, 0.25) is 0 Å². The zero-order valence-electron chi connectivity index (χ0n) is 41.3. The molecule has 0 saturated heterocycles. The lowest BCUT2D eigenvalue weighted by Gasteiger charge is -2.52. The highest BCUT2D eigenvalue weighted by Gasteiger charge is 2.54. The SMILES string of the molecule is c1ccc(N2c3ccc4ccccc4c3B3c4ccccc4N(c4ccc5ccccc5c4)c4c3c2c2c3c4N(c4ccccc4)c4ccc5ccccc5c4B3c3ccccc3N2c2ccc3ccccc3c2)cc1. The molecule has 13 aromatic carbocycles. The van der Waals surface area contributed by atoms with Crippen LogP contribution in [0.25, 0.3) is 43.1 Å². The molecule has 0 radical (unpaired) electrons. The molecule has 0 unspecified atom stereocenters. The Bertz CT molecular complexity index is 4300. The van der Waals surface area contributed by atoms with E-state index in [4.69, 9.17) is 0 Å². The summed E-state index contributed by atoms with van der Waals surface area (Å²) in [5, 5.41) is 9.81. The van der Waals surface area contributed by atoms with Gasteiger partial charge in [-0.05, 0) is 149 Å². The Morgan fingerprint density at radius 3 is 0.974 bits per heavy atom. The van der Waals surface area contributed by atoms with E-state index in [2.05, 4.69) is 287 Å². The van der Waals surface area contributed by atoms with E-state index in [0.29, 0.717) is 0 Å². The molecular formula is C70H44B2N4. The van der Waals surface area contributed by atoms with Crippen molar-refractivity contribution in [2.75, 3.05) is 19.6 Å². The Hall–Kier alpha value is -9.77. The van der Waals surface area contributed by atoms with Gasteiger partial charge in [0.15, 0.2) is 0 Å². The van der Waals surface area contributed by atoms with Crippen LogP contribution in [-0.2, 0) is 0 Å². The molecule has 0 spiro atoms. The van der Waals surface area contributed by atoms with Gasteiger partial charge in [-0.1, -0.05) is 194 Å². The van der Waals surface area contributed by atoms with Gasteiger partial charge in [-0.25, -0.2) is 0 Å². The number of fused-ring (bicyclic) bond motifs is 16. The van der Waals surface area contributed by atoms with Crippen LogP contribution < -0.4 is 52.4 Å². The average Bonchev–Trinajstić information content (AvgIpc) is 3.60. The second kappa shape index (κ2) is 15.9. The molecule has 0 fully saturated rings. The molecule has 0 N–H and O–H groups in total. The van der Waals surface area contributed by atoms with Crippen molar-refractivity contribution < 1.29 is 0 Å². The summed E-state index contributed by atoms with van der Waals surface area (Å²) in [4.78, 5) is 10.6. The van der Waals surface area contributed by atoms with Gasteiger partial charge >= 0.3 is 0 Å². The Labute approximate surface area is 441 Å². The van der Waals surface area contributed by atoms with E-state index >= 15 is 0 Å². The van der Waals surface area contributed by atoms with Crippen molar-refractivity contribution in [2.24, 2.45) is 0 Å². The number of anilines is 12. The molecule has 76 heavy (non-hydrogen) atoms. The summed E-state index contributed by atoms with van der Waals surface area (Å²) in [6, 6.07) is 100. The fraction of sp³-hybridized carbons (Fsp3) is 0. The molecule has 4 aliphatic heterocycles. The summed E-state index contributed by atoms with van der Waals surface area (Å²) in [6.45, 7) is -0.324. The third-order valence-electron chi connectivity index (χ3n) is 16.9. The van der Waals surface area contributed by atoms with Crippen LogP contribution in [-0.4, -0.2) is 13.4 Å². The van der Waals surface area contributed by atoms with Crippen molar-refractivity contribution in [3.8, 4) is 0 Å². The summed E-state index contributed by atoms with van der Waals surface area (Å²) in [6.07, 6.45) is 0. The molecule has 0 aliphatic carbocycles. The van der Waals surface area contributed by atoms with Crippen LogP contribution >= 0.6 is 0 Å². The van der Waals surface area contributed by atoms with Crippen LogP contribution in [0.15, 0.2) is 267 Å². The average molecular weight is 963 g/mol. The number of para-hydroxylation sites is 4. The topological polar surface area (TPSA) is 13.0 Å². The number of hydrogen-bond acceptors (Lipinski definition) is 4. The summed E-state index contributed by atoms with van der Waals surface area (Å²) in [5.41, 5.74) is 21.7. The molecule has 0 atom stereocenters. The van der Waals surface area contributed by atoms with Crippen molar-refractivity contribution >= 4 is 158 Å². The largest absolute Gasteiger partial charge is 0.309 e. The van der Waals surface area contributed by atoms with Gasteiger partial charge in [0.1, 0.15) is 0 Å². The minimum absolute atomic E-state index is 0.162. The second-order valence-electron chi connectivity index (χ2n) is 20.7. The monoisotopic (exact) mass is 962 g/mol. The van der Waals surface area contributed by atoms with E-state index in [0.717, 1.165) is 22.7 Å². The summed E-state index contributed by atoms with van der Waals surface area (Å²) >= 11 is 0. The quantitative estimate of drug-likeness (QED) is 0.163. The lowest BCUT2D eigenvalue weighted by atomic mass is 9.30. The predicted molar refractivity (Wildman–Crippen MR) is 325 cm³/mol. The molecule has 0 bridgehead atoms. The van der Waals surface area contributed by atoms with Crippen molar-refractivity contribution in [2.45, 2.75) is 0 Å². The van der Waals surface area contributed by atoms with Gasteiger partial charge in [-0.15, -0.1) is 0 Å². The maximum absolute atomic E-state index is 2.64. The minimum atomic E-state index is -0.162. The lowest BCUT2D eigenvalue weighted by molar-refractivity contribution is 1.20. The standard InChI is InChI=1S/C70H44B2N4/c1-3-25-51(26-4-1)73-61-41-37-47-21-11-13-29-55(47)63(61)71-57-31-15-18-34-60(57)76(54-40-36-46-20-8-10-24-50(46)44-54)70-65(71)67(73)69-66-68(70)74(52-27-5-2-6-28-52)62-42-38-48-22-12-14-30-56(48)64(62)72(66)58-32-16-17-33-59(58)75(69)53-39-35-45-19-7-9-23-49(45)43-53/h1-44H. The van der Waals surface area contributed by atoms with Crippen molar-refractivity contribution in [3.05, 3.63) is 267 Å². The van der Waals surface area contributed by atoms with E-state index in [9.17, 15) is 0 Å². The summed E-state index contributed by atoms with van der Waals surface area (Å²) in [5.74, 6) is 0. The summed E-state index contributed by atoms with van der Waals surface area (Å²) in [7, 11) is 0. The van der Waals surface area contributed by atoms with Crippen LogP contribution in [0.4, 0.5) is 68.2 Å². The van der Waals surface area contributed by atoms with Crippen LogP contribution in [0.3, 0.4) is 0 Å². The van der Waals surface area contributed by atoms with Crippen molar-refractivity contribution in [3.63, 3.8) is 0 Å². The third kappa shape index (κ3) is 5.70. The maximum Gasteiger partial charge on any atom is 0.253 e. The van der Waals surface area contributed by atoms with E-state index in [-0.39, 0.29) is 13.4 Å². The van der Waals surface area contributed by atoms with E-state index in [1.165, 1.54) is 121 Å². The van der Waals surface area contributed by atoms with Crippen LogP contribution in [0, 0.1) is 0 Å². The highest BCUT2D eigenvalue weighted by Crippen LogP contribution is 2.57. The molecule has 17 rings (SSSR count). The van der Waals surface area contributed by atoms with Gasteiger partial charge in [-0.3, -0.25) is 0 Å². The lowest BCUT2D eigenvalue weighted by Crippen LogP contribution is -2.66. The molecule has 4 nitrogen and oxygen atoms in total. The number of rotatable bonds is 4. The van der Waals surface area contributed by atoms with Gasteiger partial charge in [0.25, 0.3) is 13.4 Å². The Kier molecular flexibility index (Phi) is 8.70. The Balaban J connectivity index is 1.15.